The fourth-order valence-electron chi connectivity index (χ4n) is 3.39. The van der Waals surface area contributed by atoms with Crippen molar-refractivity contribution in [3.63, 3.8) is 0 Å². The zero-order chi connectivity index (χ0) is 18.8. The van der Waals surface area contributed by atoms with Gasteiger partial charge in [0.1, 0.15) is 6.04 Å². The van der Waals surface area contributed by atoms with Crippen LogP contribution in [-0.4, -0.2) is 23.6 Å². The summed E-state index contributed by atoms with van der Waals surface area (Å²) in [6, 6.07) is 11.9. The molecule has 26 heavy (non-hydrogen) atoms. The molecule has 1 aliphatic rings. The molecule has 0 aliphatic carbocycles. The number of nitrogens with zero attached hydrogens (tertiary/aromatic N) is 1. The smallest absolute Gasteiger partial charge is 0.300 e. The minimum atomic E-state index is -0.723. The van der Waals surface area contributed by atoms with Crippen molar-refractivity contribution in [2.45, 2.75) is 39.7 Å². The molecule has 0 spiro atoms. The molecule has 5 heteroatoms. The SMILES string of the molecule is CCCC(C(=O)Nc1c(C)cccc1C)N1C(=O)C(=O)c2ccccc21. The maximum absolute atomic E-state index is 13.0. The van der Waals surface area contributed by atoms with Crippen LogP contribution in [-0.2, 0) is 9.59 Å². The van der Waals surface area contributed by atoms with Gasteiger partial charge in [-0.1, -0.05) is 43.7 Å². The van der Waals surface area contributed by atoms with E-state index < -0.39 is 17.7 Å². The van der Waals surface area contributed by atoms with Crippen LogP contribution in [0.15, 0.2) is 42.5 Å². The van der Waals surface area contributed by atoms with Crippen LogP contribution in [0.5, 0.6) is 0 Å². The van der Waals surface area contributed by atoms with E-state index in [1.807, 2.05) is 39.0 Å². The van der Waals surface area contributed by atoms with Crippen LogP contribution in [0.3, 0.4) is 0 Å². The third kappa shape index (κ3) is 3.01. The maximum Gasteiger partial charge on any atom is 0.300 e. The minimum Gasteiger partial charge on any atom is -0.324 e. The van der Waals surface area contributed by atoms with Gasteiger partial charge in [-0.3, -0.25) is 19.3 Å². The molecule has 1 unspecified atom stereocenters. The lowest BCUT2D eigenvalue weighted by Gasteiger charge is -2.27. The second kappa shape index (κ2) is 7.12. The summed E-state index contributed by atoms with van der Waals surface area (Å²) in [4.78, 5) is 39.2. The van der Waals surface area contributed by atoms with Crippen LogP contribution in [0.4, 0.5) is 11.4 Å². The number of Topliss-reactive ketones (excluding diaryl/α,β-unsaturated/α-hetero) is 1. The molecule has 0 fully saturated rings. The Kier molecular flexibility index (Phi) is 4.89. The number of benzene rings is 2. The van der Waals surface area contributed by atoms with Crippen molar-refractivity contribution in [2.24, 2.45) is 0 Å². The number of fused-ring (bicyclic) bond motifs is 1. The largest absolute Gasteiger partial charge is 0.324 e. The number of carbonyl (C=O) groups is 3. The predicted octanol–water partition coefficient (Wildman–Crippen LogP) is 3.64. The summed E-state index contributed by atoms with van der Waals surface area (Å²) in [5.41, 5.74) is 3.54. The Labute approximate surface area is 153 Å². The first-order valence-corrected chi connectivity index (χ1v) is 8.79. The van der Waals surface area contributed by atoms with Gasteiger partial charge in [0, 0.05) is 5.69 Å². The molecule has 1 aliphatic heterocycles. The van der Waals surface area contributed by atoms with E-state index in [9.17, 15) is 14.4 Å². The van der Waals surface area contributed by atoms with Crippen LogP contribution in [0.1, 0.15) is 41.3 Å². The van der Waals surface area contributed by atoms with Crippen molar-refractivity contribution >= 4 is 29.0 Å². The van der Waals surface area contributed by atoms with E-state index in [-0.39, 0.29) is 5.91 Å². The van der Waals surface area contributed by atoms with Gasteiger partial charge in [0.2, 0.25) is 5.91 Å². The van der Waals surface area contributed by atoms with Gasteiger partial charge < -0.3 is 5.32 Å². The summed E-state index contributed by atoms with van der Waals surface area (Å²) >= 11 is 0. The zero-order valence-corrected chi connectivity index (χ0v) is 15.2. The van der Waals surface area contributed by atoms with E-state index in [1.165, 1.54) is 4.90 Å². The van der Waals surface area contributed by atoms with Crippen molar-refractivity contribution in [1.29, 1.82) is 0 Å². The van der Waals surface area contributed by atoms with Gasteiger partial charge in [-0.2, -0.15) is 0 Å². The molecule has 3 rings (SSSR count). The fourth-order valence-corrected chi connectivity index (χ4v) is 3.39. The maximum atomic E-state index is 13.0. The highest BCUT2D eigenvalue weighted by Crippen LogP contribution is 2.32. The van der Waals surface area contributed by atoms with Gasteiger partial charge in [0.25, 0.3) is 11.7 Å². The van der Waals surface area contributed by atoms with Gasteiger partial charge >= 0.3 is 0 Å². The second-order valence-electron chi connectivity index (χ2n) is 6.58. The van der Waals surface area contributed by atoms with E-state index >= 15 is 0 Å². The Morgan fingerprint density at radius 3 is 2.35 bits per heavy atom. The second-order valence-corrected chi connectivity index (χ2v) is 6.58. The number of hydrogen-bond donors (Lipinski definition) is 1. The molecule has 134 valence electrons. The van der Waals surface area contributed by atoms with Gasteiger partial charge in [0.15, 0.2) is 0 Å². The fraction of sp³-hybridized carbons (Fsp3) is 0.286. The van der Waals surface area contributed by atoms with Crippen LogP contribution in [0, 0.1) is 13.8 Å². The van der Waals surface area contributed by atoms with Crippen molar-refractivity contribution in [3.05, 3.63) is 59.2 Å². The van der Waals surface area contributed by atoms with E-state index in [0.717, 1.165) is 16.8 Å². The summed E-state index contributed by atoms with van der Waals surface area (Å²) in [7, 11) is 0. The average molecular weight is 350 g/mol. The summed E-state index contributed by atoms with van der Waals surface area (Å²) in [6.07, 6.45) is 1.19. The van der Waals surface area contributed by atoms with Crippen molar-refractivity contribution in [2.75, 3.05) is 10.2 Å². The predicted molar refractivity (Wildman–Crippen MR) is 102 cm³/mol. The molecular weight excluding hydrogens is 328 g/mol. The number of amides is 2. The van der Waals surface area contributed by atoms with Gasteiger partial charge in [0.05, 0.1) is 11.3 Å². The topological polar surface area (TPSA) is 66.5 Å². The van der Waals surface area contributed by atoms with Crippen molar-refractivity contribution < 1.29 is 14.4 Å². The minimum absolute atomic E-state index is 0.276. The summed E-state index contributed by atoms with van der Waals surface area (Å²) in [5, 5.41) is 2.96. The highest BCUT2D eigenvalue weighted by Gasteiger charge is 2.41. The van der Waals surface area contributed by atoms with Crippen LogP contribution >= 0.6 is 0 Å². The third-order valence-electron chi connectivity index (χ3n) is 4.73. The highest BCUT2D eigenvalue weighted by atomic mass is 16.2. The molecule has 2 amide bonds. The first-order chi connectivity index (χ1) is 12.5. The van der Waals surface area contributed by atoms with E-state index in [0.29, 0.717) is 24.1 Å². The number of anilines is 2. The lowest BCUT2D eigenvalue weighted by atomic mass is 10.1. The Morgan fingerprint density at radius 1 is 1.04 bits per heavy atom. The Morgan fingerprint density at radius 2 is 1.69 bits per heavy atom. The van der Waals surface area contributed by atoms with Gasteiger partial charge in [-0.05, 0) is 43.5 Å². The number of para-hydroxylation sites is 2. The third-order valence-corrected chi connectivity index (χ3v) is 4.73. The first kappa shape index (κ1) is 17.9. The molecule has 5 nitrogen and oxygen atoms in total. The molecule has 0 radical (unpaired) electrons. The van der Waals surface area contributed by atoms with Crippen LogP contribution in [0.25, 0.3) is 0 Å². The highest BCUT2D eigenvalue weighted by molar-refractivity contribution is 6.52. The summed E-state index contributed by atoms with van der Waals surface area (Å²) in [5.74, 6) is -1.47. The molecule has 1 atom stereocenters. The Hall–Kier alpha value is -2.95. The number of nitrogens with one attached hydrogen (secondary N) is 1. The molecule has 1 heterocycles. The Bertz CT molecular complexity index is 868. The number of aryl methyl sites for hydroxylation is 2. The molecule has 0 bridgehead atoms. The number of ketones is 1. The quantitative estimate of drug-likeness (QED) is 0.837. The van der Waals surface area contributed by atoms with E-state index in [2.05, 4.69) is 5.32 Å². The lowest BCUT2D eigenvalue weighted by Crippen LogP contribution is -2.47. The number of hydrogen-bond acceptors (Lipinski definition) is 3. The van der Waals surface area contributed by atoms with Crippen molar-refractivity contribution in [3.8, 4) is 0 Å². The number of rotatable bonds is 5. The van der Waals surface area contributed by atoms with E-state index in [1.54, 1.807) is 24.3 Å². The standard InChI is InChI=1S/C21H22N2O3/c1-4-8-17(20(25)22-18-13(2)9-7-10-14(18)3)23-16-12-6-5-11-15(16)19(24)21(23)26/h5-7,9-12,17H,4,8H2,1-3H3,(H,22,25). The van der Waals surface area contributed by atoms with Crippen LogP contribution < -0.4 is 10.2 Å². The molecule has 0 saturated heterocycles. The molecule has 2 aromatic rings. The molecule has 0 aromatic heterocycles. The molecular formula is C21H22N2O3. The van der Waals surface area contributed by atoms with Gasteiger partial charge in [-0.25, -0.2) is 0 Å². The lowest BCUT2D eigenvalue weighted by molar-refractivity contribution is -0.121. The zero-order valence-electron chi connectivity index (χ0n) is 15.2. The number of carbonyl (C=O) groups excluding carboxylic acids is 3. The van der Waals surface area contributed by atoms with E-state index in [4.69, 9.17) is 0 Å². The average Bonchev–Trinajstić information content (AvgIpc) is 2.87. The summed E-state index contributed by atoms with van der Waals surface area (Å²) in [6.45, 7) is 5.81. The summed E-state index contributed by atoms with van der Waals surface area (Å²) < 4.78 is 0. The molecule has 1 N–H and O–H groups in total. The first-order valence-electron chi connectivity index (χ1n) is 8.79. The molecule has 2 aromatic carbocycles. The normalized spacial score (nSPS) is 14.3. The molecule has 0 saturated carbocycles. The van der Waals surface area contributed by atoms with Gasteiger partial charge in [-0.15, -0.1) is 0 Å². The van der Waals surface area contributed by atoms with Crippen molar-refractivity contribution in [1.82, 2.24) is 0 Å². The van der Waals surface area contributed by atoms with Crippen LogP contribution in [0.2, 0.25) is 0 Å². The monoisotopic (exact) mass is 350 g/mol. The Balaban J connectivity index is 1.96.